The number of benzene rings is 2. The van der Waals surface area contributed by atoms with Crippen molar-refractivity contribution in [2.24, 2.45) is 0 Å². The number of halogens is 1. The van der Waals surface area contributed by atoms with Crippen LogP contribution in [0.5, 0.6) is 5.75 Å². The molecule has 134 valence electrons. The Labute approximate surface area is 158 Å². The number of nitrogens with zero attached hydrogens (tertiary/aromatic N) is 2. The standard InChI is InChI=1S/C20H21ClN4O/c1-14-12-19(24-17-8-5-7-16(21)13-17)25-20(23-14)22-11-10-15-6-3-4-9-18(15)26-2/h3-9,12-13H,10-11H2,1-2H3,(H2,22,23,24,25). The molecule has 6 heteroatoms. The molecule has 0 saturated heterocycles. The molecule has 2 aromatic carbocycles. The highest BCUT2D eigenvalue weighted by Gasteiger charge is 2.05. The van der Waals surface area contributed by atoms with Crippen LogP contribution in [0.3, 0.4) is 0 Å². The van der Waals surface area contributed by atoms with Crippen LogP contribution < -0.4 is 15.4 Å². The molecule has 0 amide bonds. The number of nitrogens with one attached hydrogen (secondary N) is 2. The molecule has 0 bridgehead atoms. The van der Waals surface area contributed by atoms with Crippen LogP contribution in [-0.4, -0.2) is 23.6 Å². The Morgan fingerprint density at radius 1 is 1.04 bits per heavy atom. The van der Waals surface area contributed by atoms with E-state index in [-0.39, 0.29) is 0 Å². The first-order valence-corrected chi connectivity index (χ1v) is 8.76. The van der Waals surface area contributed by atoms with Gasteiger partial charge in [0.25, 0.3) is 0 Å². The third kappa shape index (κ3) is 4.86. The average molecular weight is 369 g/mol. The van der Waals surface area contributed by atoms with Crippen LogP contribution in [0.4, 0.5) is 17.5 Å². The molecule has 2 N–H and O–H groups in total. The van der Waals surface area contributed by atoms with Gasteiger partial charge in [0.2, 0.25) is 5.95 Å². The highest BCUT2D eigenvalue weighted by atomic mass is 35.5. The summed E-state index contributed by atoms with van der Waals surface area (Å²) in [5, 5.41) is 7.21. The lowest BCUT2D eigenvalue weighted by molar-refractivity contribution is 0.410. The fraction of sp³-hybridized carbons (Fsp3) is 0.200. The molecule has 0 fully saturated rings. The monoisotopic (exact) mass is 368 g/mol. The second kappa shape index (κ2) is 8.54. The molecule has 0 saturated carbocycles. The van der Waals surface area contributed by atoms with E-state index in [4.69, 9.17) is 16.3 Å². The van der Waals surface area contributed by atoms with Crippen LogP contribution in [0.25, 0.3) is 0 Å². The normalized spacial score (nSPS) is 10.4. The molecule has 0 unspecified atom stereocenters. The Hall–Kier alpha value is -2.79. The van der Waals surface area contributed by atoms with Crippen LogP contribution in [0.15, 0.2) is 54.6 Å². The van der Waals surface area contributed by atoms with Crippen LogP contribution in [0, 0.1) is 6.92 Å². The summed E-state index contributed by atoms with van der Waals surface area (Å²) in [6.45, 7) is 2.65. The maximum absolute atomic E-state index is 6.03. The van der Waals surface area contributed by atoms with Gasteiger partial charge in [-0.2, -0.15) is 4.98 Å². The average Bonchev–Trinajstić information content (AvgIpc) is 2.62. The summed E-state index contributed by atoms with van der Waals surface area (Å²) in [4.78, 5) is 8.97. The van der Waals surface area contributed by atoms with Crippen molar-refractivity contribution in [3.63, 3.8) is 0 Å². The molecule has 0 radical (unpaired) electrons. The Balaban J connectivity index is 1.66. The molecule has 3 aromatic rings. The van der Waals surface area contributed by atoms with Crippen molar-refractivity contribution in [2.75, 3.05) is 24.3 Å². The van der Waals surface area contributed by atoms with Gasteiger partial charge >= 0.3 is 0 Å². The molecule has 0 aliphatic heterocycles. The molecule has 1 aromatic heterocycles. The fourth-order valence-corrected chi connectivity index (χ4v) is 2.83. The van der Waals surface area contributed by atoms with Crippen molar-refractivity contribution in [3.8, 4) is 5.75 Å². The number of ether oxygens (including phenoxy) is 1. The summed E-state index contributed by atoms with van der Waals surface area (Å²) in [7, 11) is 1.68. The second-order valence-corrected chi connectivity index (χ2v) is 6.28. The van der Waals surface area contributed by atoms with Crippen molar-refractivity contribution in [1.82, 2.24) is 9.97 Å². The largest absolute Gasteiger partial charge is 0.496 e. The quantitative estimate of drug-likeness (QED) is 0.624. The van der Waals surface area contributed by atoms with Gasteiger partial charge in [-0.3, -0.25) is 0 Å². The second-order valence-electron chi connectivity index (χ2n) is 5.84. The number of aromatic nitrogens is 2. The van der Waals surface area contributed by atoms with Crippen molar-refractivity contribution in [2.45, 2.75) is 13.3 Å². The number of para-hydroxylation sites is 1. The van der Waals surface area contributed by atoms with Crippen LogP contribution >= 0.6 is 11.6 Å². The van der Waals surface area contributed by atoms with E-state index in [1.54, 1.807) is 7.11 Å². The molecule has 0 aliphatic carbocycles. The number of aryl methyl sites for hydroxylation is 1. The van der Waals surface area contributed by atoms with Crippen molar-refractivity contribution in [3.05, 3.63) is 70.9 Å². The molecule has 0 spiro atoms. The Kier molecular flexibility index (Phi) is 5.92. The molecule has 1 heterocycles. The minimum Gasteiger partial charge on any atom is -0.496 e. The number of anilines is 3. The molecule has 5 nitrogen and oxygen atoms in total. The van der Waals surface area contributed by atoms with Crippen molar-refractivity contribution < 1.29 is 4.74 Å². The molecule has 0 atom stereocenters. The minimum absolute atomic E-state index is 0.587. The van der Waals surface area contributed by atoms with Gasteiger partial charge in [-0.05, 0) is 43.2 Å². The van der Waals surface area contributed by atoms with E-state index in [0.29, 0.717) is 17.5 Å². The van der Waals surface area contributed by atoms with Crippen molar-refractivity contribution in [1.29, 1.82) is 0 Å². The first-order valence-electron chi connectivity index (χ1n) is 8.38. The van der Waals surface area contributed by atoms with Crippen molar-refractivity contribution >= 4 is 29.1 Å². The molecule has 26 heavy (non-hydrogen) atoms. The van der Waals surface area contributed by atoms with Crippen LogP contribution in [0.1, 0.15) is 11.3 Å². The van der Waals surface area contributed by atoms with Crippen LogP contribution in [0.2, 0.25) is 5.02 Å². The molecular formula is C20H21ClN4O. The van der Waals surface area contributed by atoms with Gasteiger partial charge in [-0.25, -0.2) is 4.98 Å². The lowest BCUT2D eigenvalue weighted by atomic mass is 10.1. The lowest BCUT2D eigenvalue weighted by Gasteiger charge is -2.11. The van der Waals surface area contributed by atoms with Gasteiger partial charge in [-0.1, -0.05) is 35.9 Å². The highest BCUT2D eigenvalue weighted by molar-refractivity contribution is 6.30. The van der Waals surface area contributed by atoms with Gasteiger partial charge < -0.3 is 15.4 Å². The minimum atomic E-state index is 0.587. The summed E-state index contributed by atoms with van der Waals surface area (Å²) in [6.07, 6.45) is 0.818. The molecular weight excluding hydrogens is 348 g/mol. The third-order valence-electron chi connectivity index (χ3n) is 3.82. The number of hydrogen-bond acceptors (Lipinski definition) is 5. The highest BCUT2D eigenvalue weighted by Crippen LogP contribution is 2.21. The Morgan fingerprint density at radius 2 is 1.88 bits per heavy atom. The zero-order valence-corrected chi connectivity index (χ0v) is 15.5. The number of methoxy groups -OCH3 is 1. The van der Waals surface area contributed by atoms with E-state index in [9.17, 15) is 0 Å². The summed E-state index contributed by atoms with van der Waals surface area (Å²) in [5.74, 6) is 2.20. The van der Waals surface area contributed by atoms with Crippen LogP contribution in [-0.2, 0) is 6.42 Å². The number of rotatable bonds is 7. The zero-order valence-electron chi connectivity index (χ0n) is 14.8. The van der Waals surface area contributed by atoms with Gasteiger partial charge in [-0.15, -0.1) is 0 Å². The first-order chi connectivity index (χ1) is 12.6. The van der Waals surface area contributed by atoms with Gasteiger partial charge in [0.1, 0.15) is 11.6 Å². The predicted molar refractivity (Wildman–Crippen MR) is 107 cm³/mol. The summed E-state index contributed by atoms with van der Waals surface area (Å²) >= 11 is 6.03. The summed E-state index contributed by atoms with van der Waals surface area (Å²) in [6, 6.07) is 17.4. The van der Waals surface area contributed by atoms with E-state index in [1.807, 2.05) is 55.5 Å². The topological polar surface area (TPSA) is 59.1 Å². The van der Waals surface area contributed by atoms with Gasteiger partial charge in [0.05, 0.1) is 7.11 Å². The Bertz CT molecular complexity index is 885. The predicted octanol–water partition coefficient (Wildman–Crippen LogP) is 4.85. The van der Waals surface area contributed by atoms with Gasteiger partial charge in [0, 0.05) is 29.0 Å². The van der Waals surface area contributed by atoms with E-state index >= 15 is 0 Å². The maximum atomic E-state index is 6.03. The zero-order chi connectivity index (χ0) is 18.4. The van der Waals surface area contributed by atoms with E-state index in [1.165, 1.54) is 0 Å². The SMILES string of the molecule is COc1ccccc1CCNc1nc(C)cc(Nc2cccc(Cl)c2)n1. The smallest absolute Gasteiger partial charge is 0.224 e. The maximum Gasteiger partial charge on any atom is 0.224 e. The lowest BCUT2D eigenvalue weighted by Crippen LogP contribution is -2.10. The third-order valence-corrected chi connectivity index (χ3v) is 4.06. The first kappa shape index (κ1) is 18.0. The molecule has 3 rings (SSSR count). The van der Waals surface area contributed by atoms with E-state index in [0.717, 1.165) is 34.9 Å². The summed E-state index contributed by atoms with van der Waals surface area (Å²) < 4.78 is 5.38. The molecule has 0 aliphatic rings. The van der Waals surface area contributed by atoms with E-state index in [2.05, 4.69) is 26.7 Å². The van der Waals surface area contributed by atoms with Gasteiger partial charge in [0.15, 0.2) is 0 Å². The Morgan fingerprint density at radius 3 is 2.69 bits per heavy atom. The van der Waals surface area contributed by atoms with E-state index < -0.39 is 0 Å². The number of hydrogen-bond donors (Lipinski definition) is 2. The fourth-order valence-electron chi connectivity index (χ4n) is 2.64. The summed E-state index contributed by atoms with van der Waals surface area (Å²) in [5.41, 5.74) is 2.91.